The highest BCUT2D eigenvalue weighted by atomic mass is 16.5. The second-order valence-corrected chi connectivity index (χ2v) is 7.79. The van der Waals surface area contributed by atoms with Gasteiger partial charge in [0.2, 0.25) is 5.88 Å². The summed E-state index contributed by atoms with van der Waals surface area (Å²) >= 11 is 0. The van der Waals surface area contributed by atoms with Crippen molar-refractivity contribution in [1.29, 1.82) is 0 Å². The first kappa shape index (κ1) is 23.1. The van der Waals surface area contributed by atoms with Crippen molar-refractivity contribution in [3.8, 4) is 17.4 Å². The van der Waals surface area contributed by atoms with Gasteiger partial charge in [0.15, 0.2) is 5.82 Å². The lowest BCUT2D eigenvalue weighted by Crippen LogP contribution is -2.42. The van der Waals surface area contributed by atoms with Gasteiger partial charge in [0.05, 0.1) is 37.1 Å². The van der Waals surface area contributed by atoms with Gasteiger partial charge in [0.25, 0.3) is 11.8 Å². The van der Waals surface area contributed by atoms with Crippen LogP contribution in [0.3, 0.4) is 0 Å². The van der Waals surface area contributed by atoms with Crippen LogP contribution in [0.25, 0.3) is 0 Å². The number of nitrogens with one attached hydrogen (secondary N) is 1. The summed E-state index contributed by atoms with van der Waals surface area (Å²) in [4.78, 5) is 43.3. The van der Waals surface area contributed by atoms with E-state index in [1.807, 2.05) is 0 Å². The number of carbonyl (C=O) groups excluding carboxylic acids is 2. The van der Waals surface area contributed by atoms with Gasteiger partial charge in [0, 0.05) is 24.7 Å². The third kappa shape index (κ3) is 5.62. The maximum atomic E-state index is 12.8. The number of benzene rings is 1. The average molecular weight is 464 g/mol. The zero-order valence-corrected chi connectivity index (χ0v) is 18.8. The fraction of sp³-hybridized carbons (Fsp3) is 0.304. The molecule has 1 atom stereocenters. The number of ether oxygens (including phenoxy) is 2. The number of aliphatic hydroxyl groups is 1. The highest BCUT2D eigenvalue weighted by molar-refractivity contribution is 6.04. The van der Waals surface area contributed by atoms with Crippen molar-refractivity contribution in [2.45, 2.75) is 26.4 Å². The molecule has 1 aliphatic rings. The quantitative estimate of drug-likeness (QED) is 0.513. The van der Waals surface area contributed by atoms with Crippen LogP contribution in [-0.4, -0.2) is 67.6 Å². The molecule has 3 heterocycles. The van der Waals surface area contributed by atoms with Crippen LogP contribution in [0.15, 0.2) is 43.0 Å². The zero-order chi connectivity index (χ0) is 24.1. The summed E-state index contributed by atoms with van der Waals surface area (Å²) in [7, 11) is 0. The van der Waals surface area contributed by atoms with Gasteiger partial charge in [-0.25, -0.2) is 15.0 Å². The fourth-order valence-corrected chi connectivity index (χ4v) is 3.03. The van der Waals surface area contributed by atoms with Crippen molar-refractivity contribution < 1.29 is 24.2 Å². The van der Waals surface area contributed by atoms with E-state index < -0.39 is 12.0 Å². The highest BCUT2D eigenvalue weighted by Gasteiger charge is 2.23. The summed E-state index contributed by atoms with van der Waals surface area (Å²) in [6, 6.07) is 4.60. The first-order chi connectivity index (χ1) is 16.4. The second kappa shape index (κ2) is 10.2. The molecule has 0 unspecified atom stereocenters. The Bertz CT molecular complexity index is 1170. The lowest BCUT2D eigenvalue weighted by Gasteiger charge is -2.30. The highest BCUT2D eigenvalue weighted by Crippen LogP contribution is 2.28. The third-order valence-electron chi connectivity index (χ3n) is 4.97. The average Bonchev–Trinajstić information content (AvgIpc) is 2.79. The predicted octanol–water partition coefficient (Wildman–Crippen LogP) is 2.23. The Balaban J connectivity index is 1.54. The Labute approximate surface area is 195 Å². The number of nitrogens with zero attached hydrogens (tertiary/aromatic N) is 5. The van der Waals surface area contributed by atoms with Gasteiger partial charge in [-0.15, -0.1) is 0 Å². The van der Waals surface area contributed by atoms with Crippen LogP contribution < -0.4 is 14.8 Å². The monoisotopic (exact) mass is 464 g/mol. The molecule has 1 saturated heterocycles. The van der Waals surface area contributed by atoms with Crippen LogP contribution in [0.2, 0.25) is 0 Å². The summed E-state index contributed by atoms with van der Waals surface area (Å²) in [5, 5.41) is 12.0. The van der Waals surface area contributed by atoms with Gasteiger partial charge in [-0.1, -0.05) is 0 Å². The number of amides is 2. The van der Waals surface area contributed by atoms with Crippen LogP contribution >= 0.6 is 0 Å². The molecule has 0 bridgehead atoms. The molecule has 1 aliphatic heterocycles. The summed E-state index contributed by atoms with van der Waals surface area (Å²) in [6.45, 7) is 4.72. The third-order valence-corrected chi connectivity index (χ3v) is 4.97. The topological polar surface area (TPSA) is 140 Å². The van der Waals surface area contributed by atoms with E-state index in [1.54, 1.807) is 31.0 Å². The van der Waals surface area contributed by atoms with Gasteiger partial charge in [-0.3, -0.25) is 14.6 Å². The normalized spacial score (nSPS) is 13.6. The van der Waals surface area contributed by atoms with E-state index in [0.717, 1.165) is 25.2 Å². The van der Waals surface area contributed by atoms with Gasteiger partial charge in [-0.2, -0.15) is 0 Å². The molecule has 2 N–H and O–H groups in total. The molecular formula is C23H24N6O5. The van der Waals surface area contributed by atoms with Crippen molar-refractivity contribution in [2.75, 3.05) is 25.0 Å². The standard InChI is InChI=1S/C23H24N6O5/c1-14-9-26-20(11-24-14)28-22(31)16-6-17(33-15(2)13-30)8-18(7-16)34-21-12-25-19(10-27-21)23(32)29-4-3-5-29/h6-12,15,30H,3-5,13H2,1-2H3,(H,26,28,31)/t15-/m0/s1. The van der Waals surface area contributed by atoms with Crippen LogP contribution in [0.4, 0.5) is 5.82 Å². The van der Waals surface area contributed by atoms with E-state index in [4.69, 9.17) is 9.47 Å². The van der Waals surface area contributed by atoms with E-state index in [-0.39, 0.29) is 35.4 Å². The van der Waals surface area contributed by atoms with E-state index in [9.17, 15) is 14.7 Å². The Morgan fingerprint density at radius 3 is 2.47 bits per heavy atom. The van der Waals surface area contributed by atoms with Crippen molar-refractivity contribution in [2.24, 2.45) is 0 Å². The minimum Gasteiger partial charge on any atom is -0.488 e. The van der Waals surface area contributed by atoms with E-state index in [2.05, 4.69) is 25.3 Å². The number of hydrogen-bond acceptors (Lipinski definition) is 9. The molecule has 1 aromatic carbocycles. The molecule has 11 heteroatoms. The molecule has 34 heavy (non-hydrogen) atoms. The maximum Gasteiger partial charge on any atom is 0.274 e. The number of aryl methyl sites for hydroxylation is 1. The first-order valence-electron chi connectivity index (χ1n) is 10.7. The largest absolute Gasteiger partial charge is 0.488 e. The molecular weight excluding hydrogens is 440 g/mol. The number of rotatable bonds is 8. The summed E-state index contributed by atoms with van der Waals surface area (Å²) in [6.07, 6.45) is 6.19. The smallest absolute Gasteiger partial charge is 0.274 e. The molecule has 4 rings (SSSR count). The minimum absolute atomic E-state index is 0.142. The van der Waals surface area contributed by atoms with Crippen LogP contribution in [0.5, 0.6) is 17.4 Å². The second-order valence-electron chi connectivity index (χ2n) is 7.79. The molecule has 0 radical (unpaired) electrons. The van der Waals surface area contributed by atoms with E-state index >= 15 is 0 Å². The van der Waals surface area contributed by atoms with Gasteiger partial charge >= 0.3 is 0 Å². The van der Waals surface area contributed by atoms with Crippen LogP contribution in [-0.2, 0) is 0 Å². The number of aromatic nitrogens is 4. The lowest BCUT2D eigenvalue weighted by atomic mass is 10.2. The number of hydrogen-bond donors (Lipinski definition) is 2. The van der Waals surface area contributed by atoms with Crippen molar-refractivity contribution >= 4 is 17.6 Å². The Kier molecular flexibility index (Phi) is 6.93. The number of aliphatic hydroxyl groups excluding tert-OH is 1. The molecule has 0 saturated carbocycles. The predicted molar refractivity (Wildman–Crippen MR) is 121 cm³/mol. The van der Waals surface area contributed by atoms with E-state index in [1.165, 1.54) is 30.7 Å². The Morgan fingerprint density at radius 2 is 1.85 bits per heavy atom. The van der Waals surface area contributed by atoms with Crippen molar-refractivity contribution in [3.63, 3.8) is 0 Å². The first-order valence-corrected chi connectivity index (χ1v) is 10.7. The molecule has 11 nitrogen and oxygen atoms in total. The minimum atomic E-state index is -0.499. The molecule has 0 aliphatic carbocycles. The van der Waals surface area contributed by atoms with Gasteiger partial charge < -0.3 is 24.8 Å². The fourth-order valence-electron chi connectivity index (χ4n) is 3.03. The van der Waals surface area contributed by atoms with Gasteiger partial charge in [0.1, 0.15) is 23.3 Å². The zero-order valence-electron chi connectivity index (χ0n) is 18.8. The van der Waals surface area contributed by atoms with Crippen molar-refractivity contribution in [1.82, 2.24) is 24.8 Å². The molecule has 3 aromatic rings. The molecule has 2 aromatic heterocycles. The molecule has 176 valence electrons. The van der Waals surface area contributed by atoms with Gasteiger partial charge in [-0.05, 0) is 32.4 Å². The molecule has 2 amide bonds. The SMILES string of the molecule is Cc1cnc(NC(=O)c2cc(Oc3cnc(C(=O)N4CCC4)cn3)cc(O[C@@H](C)CO)c2)cn1. The number of carbonyl (C=O) groups is 2. The number of anilines is 1. The lowest BCUT2D eigenvalue weighted by molar-refractivity contribution is 0.0645. The summed E-state index contributed by atoms with van der Waals surface area (Å²) in [5.74, 6) is 0.392. The number of likely N-dealkylation sites (tertiary alicyclic amines) is 1. The Hall–Kier alpha value is -4.12. The molecule has 1 fully saturated rings. The van der Waals surface area contributed by atoms with E-state index in [0.29, 0.717) is 11.6 Å². The summed E-state index contributed by atoms with van der Waals surface area (Å²) < 4.78 is 11.4. The Morgan fingerprint density at radius 1 is 1.06 bits per heavy atom. The maximum absolute atomic E-state index is 12.8. The van der Waals surface area contributed by atoms with Crippen LogP contribution in [0.1, 0.15) is 39.9 Å². The summed E-state index contributed by atoms with van der Waals surface area (Å²) in [5.41, 5.74) is 1.19. The van der Waals surface area contributed by atoms with Crippen molar-refractivity contribution in [3.05, 3.63) is 59.9 Å². The molecule has 0 spiro atoms. The van der Waals surface area contributed by atoms with Crippen LogP contribution in [0, 0.1) is 6.92 Å².